The number of halogens is 3. The van der Waals surface area contributed by atoms with Gasteiger partial charge < -0.3 is 5.32 Å². The SMILES string of the molecule is O=S(=O)(/N=C(\Nc1cccc(C(F)(F)F)c1)c1ccccc1)c1ccccc1. The quantitative estimate of drug-likeness (QED) is 0.494. The molecule has 28 heavy (non-hydrogen) atoms. The summed E-state index contributed by atoms with van der Waals surface area (Å²) in [5, 5.41) is 2.70. The molecular formula is C20H15F3N2O2S. The van der Waals surface area contributed by atoms with E-state index in [1.807, 2.05) is 0 Å². The van der Waals surface area contributed by atoms with E-state index in [0.717, 1.165) is 12.1 Å². The molecular weight excluding hydrogens is 389 g/mol. The molecule has 3 aromatic carbocycles. The summed E-state index contributed by atoms with van der Waals surface area (Å²) in [7, 11) is -4.06. The van der Waals surface area contributed by atoms with Gasteiger partial charge in [0.25, 0.3) is 10.0 Å². The lowest BCUT2D eigenvalue weighted by Gasteiger charge is -2.13. The summed E-state index contributed by atoms with van der Waals surface area (Å²) in [4.78, 5) is -0.0192. The Morgan fingerprint density at radius 1 is 0.821 bits per heavy atom. The fraction of sp³-hybridized carbons (Fsp3) is 0.0500. The van der Waals surface area contributed by atoms with Crippen molar-refractivity contribution in [1.29, 1.82) is 0 Å². The first-order chi connectivity index (χ1) is 13.3. The monoisotopic (exact) mass is 404 g/mol. The van der Waals surface area contributed by atoms with Crippen LogP contribution in [0.25, 0.3) is 0 Å². The Bertz CT molecular complexity index is 1080. The van der Waals surface area contributed by atoms with Crippen LogP contribution in [0.2, 0.25) is 0 Å². The molecule has 3 aromatic rings. The Balaban J connectivity index is 2.05. The molecule has 0 bridgehead atoms. The van der Waals surface area contributed by atoms with Crippen molar-refractivity contribution in [2.45, 2.75) is 11.1 Å². The van der Waals surface area contributed by atoms with Crippen LogP contribution < -0.4 is 5.32 Å². The van der Waals surface area contributed by atoms with Crippen LogP contribution in [0.15, 0.2) is 94.2 Å². The molecule has 1 N–H and O–H groups in total. The number of nitrogens with one attached hydrogen (secondary N) is 1. The second-order valence-electron chi connectivity index (χ2n) is 5.80. The molecule has 0 aromatic heterocycles. The van der Waals surface area contributed by atoms with Crippen LogP contribution in [0, 0.1) is 0 Å². The normalized spacial score (nSPS) is 12.6. The molecule has 0 aliphatic rings. The number of hydrogen-bond acceptors (Lipinski definition) is 2. The van der Waals surface area contributed by atoms with E-state index in [4.69, 9.17) is 0 Å². The van der Waals surface area contributed by atoms with Crippen molar-refractivity contribution in [3.8, 4) is 0 Å². The molecule has 0 aliphatic carbocycles. The first-order valence-electron chi connectivity index (χ1n) is 8.15. The van der Waals surface area contributed by atoms with Crippen LogP contribution in [-0.4, -0.2) is 14.3 Å². The van der Waals surface area contributed by atoms with Gasteiger partial charge in [-0.1, -0.05) is 54.6 Å². The van der Waals surface area contributed by atoms with Gasteiger partial charge in [0.1, 0.15) is 0 Å². The molecule has 0 amide bonds. The average Bonchev–Trinajstić information content (AvgIpc) is 2.68. The van der Waals surface area contributed by atoms with Crippen molar-refractivity contribution >= 4 is 21.5 Å². The van der Waals surface area contributed by atoms with Gasteiger partial charge in [0.05, 0.1) is 10.5 Å². The lowest BCUT2D eigenvalue weighted by Crippen LogP contribution is -2.17. The largest absolute Gasteiger partial charge is 0.416 e. The van der Waals surface area contributed by atoms with Crippen LogP contribution in [-0.2, 0) is 16.2 Å². The second kappa shape index (κ2) is 7.85. The van der Waals surface area contributed by atoms with Crippen molar-refractivity contribution in [3.63, 3.8) is 0 Å². The van der Waals surface area contributed by atoms with Crippen LogP contribution in [0.5, 0.6) is 0 Å². The Morgan fingerprint density at radius 3 is 2.04 bits per heavy atom. The third-order valence-corrected chi connectivity index (χ3v) is 5.04. The van der Waals surface area contributed by atoms with E-state index in [2.05, 4.69) is 9.71 Å². The zero-order valence-electron chi connectivity index (χ0n) is 14.4. The highest BCUT2D eigenvalue weighted by molar-refractivity contribution is 7.90. The van der Waals surface area contributed by atoms with E-state index in [-0.39, 0.29) is 16.4 Å². The zero-order valence-corrected chi connectivity index (χ0v) is 15.2. The highest BCUT2D eigenvalue weighted by Gasteiger charge is 2.30. The molecule has 0 spiro atoms. The number of nitrogens with zero attached hydrogens (tertiary/aromatic N) is 1. The van der Waals surface area contributed by atoms with Crippen molar-refractivity contribution in [3.05, 3.63) is 96.1 Å². The lowest BCUT2D eigenvalue weighted by molar-refractivity contribution is -0.137. The maximum Gasteiger partial charge on any atom is 0.416 e. The summed E-state index contributed by atoms with van der Waals surface area (Å²) in [5.41, 5.74) is -0.365. The van der Waals surface area contributed by atoms with Crippen molar-refractivity contribution < 1.29 is 21.6 Å². The zero-order chi connectivity index (χ0) is 20.2. The highest BCUT2D eigenvalue weighted by atomic mass is 32.2. The van der Waals surface area contributed by atoms with Crippen LogP contribution >= 0.6 is 0 Å². The predicted octanol–water partition coefficient (Wildman–Crippen LogP) is 4.95. The molecule has 144 valence electrons. The van der Waals surface area contributed by atoms with Crippen molar-refractivity contribution in [1.82, 2.24) is 0 Å². The number of hydrogen-bond donors (Lipinski definition) is 1. The second-order valence-corrected chi connectivity index (χ2v) is 7.40. The summed E-state index contributed by atoms with van der Waals surface area (Å²) < 4.78 is 68.0. The molecule has 0 fully saturated rings. The third-order valence-electron chi connectivity index (χ3n) is 3.75. The molecule has 0 saturated heterocycles. The molecule has 0 radical (unpaired) electrons. The molecule has 0 atom stereocenters. The summed E-state index contributed by atoms with van der Waals surface area (Å²) in [6.07, 6.45) is -4.52. The van der Waals surface area contributed by atoms with E-state index in [1.54, 1.807) is 48.5 Å². The fourth-order valence-corrected chi connectivity index (χ4v) is 3.42. The lowest BCUT2D eigenvalue weighted by atomic mass is 10.1. The molecule has 0 heterocycles. The first kappa shape index (κ1) is 19.6. The van der Waals surface area contributed by atoms with Crippen molar-refractivity contribution in [2.24, 2.45) is 4.40 Å². The van der Waals surface area contributed by atoms with Crippen LogP contribution in [0.3, 0.4) is 0 Å². The molecule has 0 unspecified atom stereocenters. The smallest absolute Gasteiger partial charge is 0.339 e. The summed E-state index contributed by atoms with van der Waals surface area (Å²) in [5.74, 6) is -0.0798. The van der Waals surface area contributed by atoms with Gasteiger partial charge in [0, 0.05) is 11.3 Å². The number of sulfonamides is 1. The van der Waals surface area contributed by atoms with Gasteiger partial charge in [0.2, 0.25) is 0 Å². The number of benzene rings is 3. The van der Waals surface area contributed by atoms with E-state index in [0.29, 0.717) is 5.56 Å². The number of amidine groups is 1. The minimum atomic E-state index is -4.52. The van der Waals surface area contributed by atoms with E-state index in [9.17, 15) is 21.6 Å². The standard InChI is InChI=1S/C20H15F3N2O2S/c21-20(22,23)16-10-7-11-17(14-16)24-19(15-8-3-1-4-9-15)25-28(26,27)18-12-5-2-6-13-18/h1-14H,(H,24,25). The Morgan fingerprint density at radius 2 is 1.43 bits per heavy atom. The molecule has 0 saturated carbocycles. The molecule has 3 rings (SSSR count). The average molecular weight is 404 g/mol. The number of anilines is 1. The molecule has 8 heteroatoms. The van der Waals surface area contributed by atoms with Gasteiger partial charge in [-0.3, -0.25) is 0 Å². The third kappa shape index (κ3) is 4.77. The first-order valence-corrected chi connectivity index (χ1v) is 9.59. The van der Waals surface area contributed by atoms with E-state index < -0.39 is 21.8 Å². The number of rotatable bonds is 4. The Labute approximate surface area is 160 Å². The summed E-state index contributed by atoms with van der Waals surface area (Å²) in [6, 6.07) is 20.4. The minimum absolute atomic E-state index is 0.0192. The number of alkyl halides is 3. The highest BCUT2D eigenvalue weighted by Crippen LogP contribution is 2.30. The maximum absolute atomic E-state index is 13.0. The van der Waals surface area contributed by atoms with Crippen LogP contribution in [0.1, 0.15) is 11.1 Å². The molecule has 0 aliphatic heterocycles. The summed E-state index contributed by atoms with van der Waals surface area (Å²) >= 11 is 0. The van der Waals surface area contributed by atoms with Gasteiger partial charge in [-0.25, -0.2) is 0 Å². The van der Waals surface area contributed by atoms with E-state index in [1.165, 1.54) is 24.3 Å². The summed E-state index contributed by atoms with van der Waals surface area (Å²) in [6.45, 7) is 0. The Kier molecular flexibility index (Phi) is 5.51. The van der Waals surface area contributed by atoms with Crippen LogP contribution in [0.4, 0.5) is 18.9 Å². The molecule has 4 nitrogen and oxygen atoms in total. The minimum Gasteiger partial charge on any atom is -0.339 e. The van der Waals surface area contributed by atoms with E-state index >= 15 is 0 Å². The van der Waals surface area contributed by atoms with Gasteiger partial charge in [-0.15, -0.1) is 4.40 Å². The van der Waals surface area contributed by atoms with Crippen molar-refractivity contribution in [2.75, 3.05) is 5.32 Å². The van der Waals surface area contributed by atoms with Gasteiger partial charge in [0.15, 0.2) is 5.84 Å². The topological polar surface area (TPSA) is 58.5 Å². The maximum atomic E-state index is 13.0. The fourth-order valence-electron chi connectivity index (χ4n) is 2.42. The van der Waals surface area contributed by atoms with Gasteiger partial charge in [-0.05, 0) is 30.3 Å². The van der Waals surface area contributed by atoms with Gasteiger partial charge >= 0.3 is 6.18 Å². The Hall–Kier alpha value is -3.13. The van der Waals surface area contributed by atoms with Gasteiger partial charge in [-0.2, -0.15) is 21.6 Å². The predicted molar refractivity (Wildman–Crippen MR) is 102 cm³/mol.